The van der Waals surface area contributed by atoms with Gasteiger partial charge in [-0.25, -0.2) is 4.79 Å². The fourth-order valence-corrected chi connectivity index (χ4v) is 4.49. The number of carboxylic acid groups (broad SMARTS) is 1. The van der Waals surface area contributed by atoms with Crippen molar-refractivity contribution in [2.75, 3.05) is 29.4 Å². The highest BCUT2D eigenvalue weighted by atomic mass is 32.1. The number of rotatable bonds is 2. The number of alkyl halides is 3. The van der Waals surface area contributed by atoms with E-state index < -0.39 is 12.1 Å². The minimum absolute atomic E-state index is 0.269. The number of hydrogen-bond donors (Lipinski definition) is 1. The van der Waals surface area contributed by atoms with Crippen molar-refractivity contribution in [1.29, 1.82) is 0 Å². The molecule has 162 valence electrons. The Hall–Kier alpha value is -2.69. The van der Waals surface area contributed by atoms with Gasteiger partial charge in [0.25, 0.3) is 0 Å². The summed E-state index contributed by atoms with van der Waals surface area (Å²) in [4.78, 5) is 26.2. The summed E-state index contributed by atoms with van der Waals surface area (Å²) in [5.41, 5.74) is 1.67. The number of carboxylic acids is 1. The van der Waals surface area contributed by atoms with Crippen LogP contribution >= 0.6 is 11.3 Å². The maximum Gasteiger partial charge on any atom is 0.490 e. The molecule has 4 rings (SSSR count). The Morgan fingerprint density at radius 1 is 1.30 bits per heavy atom. The predicted octanol–water partition coefficient (Wildman–Crippen LogP) is 3.36. The summed E-state index contributed by atoms with van der Waals surface area (Å²) in [6, 6.07) is 6.01. The van der Waals surface area contributed by atoms with Gasteiger partial charge in [-0.3, -0.25) is 4.79 Å². The molecule has 0 aliphatic carbocycles. The van der Waals surface area contributed by atoms with Crippen molar-refractivity contribution in [2.45, 2.75) is 26.4 Å². The van der Waals surface area contributed by atoms with Crippen LogP contribution in [0.15, 0.2) is 29.0 Å². The largest absolute Gasteiger partial charge is 0.490 e. The van der Waals surface area contributed by atoms with Gasteiger partial charge in [0.05, 0.1) is 16.8 Å². The molecule has 2 aliphatic rings. The number of hydrogen-bond acceptors (Lipinski definition) is 6. The lowest BCUT2D eigenvalue weighted by Gasteiger charge is -2.26. The van der Waals surface area contributed by atoms with E-state index in [4.69, 9.17) is 9.90 Å². The molecule has 0 radical (unpaired) electrons. The van der Waals surface area contributed by atoms with Crippen molar-refractivity contribution >= 4 is 34.7 Å². The van der Waals surface area contributed by atoms with Crippen molar-refractivity contribution in [3.05, 3.63) is 34.7 Å². The molecule has 4 heterocycles. The van der Waals surface area contributed by atoms with E-state index in [2.05, 4.69) is 27.4 Å². The fourth-order valence-electron chi connectivity index (χ4n) is 3.85. The lowest BCUT2D eigenvalue weighted by Crippen LogP contribution is -2.39. The van der Waals surface area contributed by atoms with Crippen LogP contribution in [0, 0.1) is 18.3 Å². The number of carbonyl (C=O) groups is 2. The number of aromatic nitrogens is 2. The zero-order valence-electron chi connectivity index (χ0n) is 16.4. The van der Waals surface area contributed by atoms with Gasteiger partial charge >= 0.3 is 12.1 Å². The van der Waals surface area contributed by atoms with E-state index in [1.165, 1.54) is 0 Å². The molecular formula is C19H21F3N4O3S. The highest BCUT2D eigenvalue weighted by molar-refractivity contribution is 7.08. The maximum atomic E-state index is 13.1. The van der Waals surface area contributed by atoms with Gasteiger partial charge in [0.1, 0.15) is 0 Å². The van der Waals surface area contributed by atoms with Gasteiger partial charge in [-0.2, -0.15) is 29.6 Å². The lowest BCUT2D eigenvalue weighted by molar-refractivity contribution is -0.192. The molecule has 0 bridgehead atoms. The molecule has 0 saturated carbocycles. The summed E-state index contributed by atoms with van der Waals surface area (Å²) >= 11 is 1.64. The third-order valence-corrected chi connectivity index (χ3v) is 6.20. The van der Waals surface area contributed by atoms with Gasteiger partial charge in [0, 0.05) is 25.0 Å². The molecule has 2 atom stereocenters. The SMILES string of the molecule is Cc1ccc(N2C[C@H](C)[C@]3(CCN(c4ccsc4)C3=O)C2)nn1.O=C(O)C(F)(F)F. The number of thiophene rings is 1. The monoisotopic (exact) mass is 442 g/mol. The van der Waals surface area contributed by atoms with E-state index in [9.17, 15) is 18.0 Å². The second-order valence-electron chi connectivity index (χ2n) is 7.46. The van der Waals surface area contributed by atoms with Crippen LogP contribution in [-0.2, 0) is 9.59 Å². The first-order chi connectivity index (χ1) is 14.0. The number of anilines is 2. The zero-order chi connectivity index (χ0) is 22.1. The van der Waals surface area contributed by atoms with Crippen LogP contribution in [0.25, 0.3) is 0 Å². The van der Waals surface area contributed by atoms with Crippen molar-refractivity contribution in [3.63, 3.8) is 0 Å². The van der Waals surface area contributed by atoms with Gasteiger partial charge in [-0.05, 0) is 42.8 Å². The first-order valence-corrected chi connectivity index (χ1v) is 10.2. The second-order valence-corrected chi connectivity index (χ2v) is 8.24. The average Bonchev–Trinajstić information content (AvgIpc) is 3.38. The number of halogens is 3. The molecule has 2 aromatic rings. The van der Waals surface area contributed by atoms with Crippen LogP contribution in [0.1, 0.15) is 19.0 Å². The van der Waals surface area contributed by atoms with Gasteiger partial charge < -0.3 is 14.9 Å². The Morgan fingerprint density at radius 3 is 2.53 bits per heavy atom. The summed E-state index contributed by atoms with van der Waals surface area (Å²) < 4.78 is 31.7. The average molecular weight is 442 g/mol. The van der Waals surface area contributed by atoms with Gasteiger partial charge in [0.2, 0.25) is 5.91 Å². The Balaban J connectivity index is 0.000000318. The smallest absolute Gasteiger partial charge is 0.475 e. The molecule has 30 heavy (non-hydrogen) atoms. The first-order valence-electron chi connectivity index (χ1n) is 9.24. The van der Waals surface area contributed by atoms with E-state index in [1.54, 1.807) is 11.3 Å². The molecule has 2 aliphatic heterocycles. The van der Waals surface area contributed by atoms with Crippen LogP contribution in [0.4, 0.5) is 24.7 Å². The topological polar surface area (TPSA) is 86.6 Å². The van der Waals surface area contributed by atoms with E-state index >= 15 is 0 Å². The van der Waals surface area contributed by atoms with Gasteiger partial charge in [-0.15, -0.1) is 5.10 Å². The third-order valence-electron chi connectivity index (χ3n) is 5.53. The normalized spacial score (nSPS) is 23.6. The molecule has 0 unspecified atom stereocenters. The summed E-state index contributed by atoms with van der Waals surface area (Å²) in [5.74, 6) is -1.29. The first kappa shape index (κ1) is 22.0. The van der Waals surface area contributed by atoms with Crippen LogP contribution in [0.3, 0.4) is 0 Å². The molecule has 0 aromatic carbocycles. The molecule has 2 saturated heterocycles. The van der Waals surface area contributed by atoms with E-state index in [1.807, 2.05) is 35.4 Å². The highest BCUT2D eigenvalue weighted by Crippen LogP contribution is 2.46. The maximum absolute atomic E-state index is 13.1. The summed E-state index contributed by atoms with van der Waals surface area (Å²) in [6.07, 6.45) is -4.17. The number of nitrogens with zero attached hydrogens (tertiary/aromatic N) is 4. The standard InChI is InChI=1S/C17H20N4OS.C2HF3O2/c1-12-9-20(15-4-3-13(2)18-19-15)11-17(12)6-7-21(16(17)22)14-5-8-23-10-14;3-2(4,5)1(6)7/h3-5,8,10,12H,6-7,9,11H2,1-2H3;(H,6,7)/t12-,17-;/m0./s1. The third kappa shape index (κ3) is 4.25. The van der Waals surface area contributed by atoms with Crippen molar-refractivity contribution in [2.24, 2.45) is 11.3 Å². The second kappa shape index (κ2) is 8.21. The number of aryl methyl sites for hydroxylation is 1. The Bertz CT molecular complexity index is 905. The lowest BCUT2D eigenvalue weighted by atomic mass is 9.78. The summed E-state index contributed by atoms with van der Waals surface area (Å²) in [5, 5.41) is 19.7. The summed E-state index contributed by atoms with van der Waals surface area (Å²) in [7, 11) is 0. The number of carbonyl (C=O) groups excluding carboxylic acids is 1. The Labute approximate surface area is 175 Å². The fraction of sp³-hybridized carbons (Fsp3) is 0.474. The summed E-state index contributed by atoms with van der Waals surface area (Å²) in [6.45, 7) is 6.54. The Kier molecular flexibility index (Phi) is 6.02. The van der Waals surface area contributed by atoms with Crippen molar-refractivity contribution < 1.29 is 27.9 Å². The molecule has 11 heteroatoms. The molecular weight excluding hydrogens is 421 g/mol. The number of amides is 1. The van der Waals surface area contributed by atoms with E-state index in [0.29, 0.717) is 5.92 Å². The molecule has 1 N–H and O–H groups in total. The zero-order valence-corrected chi connectivity index (χ0v) is 17.2. The van der Waals surface area contributed by atoms with Gasteiger partial charge in [0.15, 0.2) is 5.82 Å². The van der Waals surface area contributed by atoms with Gasteiger partial charge in [-0.1, -0.05) is 6.92 Å². The quantitative estimate of drug-likeness (QED) is 0.768. The highest BCUT2D eigenvalue weighted by Gasteiger charge is 2.55. The van der Waals surface area contributed by atoms with Crippen LogP contribution in [0.2, 0.25) is 0 Å². The molecule has 1 amide bonds. The van der Waals surface area contributed by atoms with Crippen LogP contribution < -0.4 is 9.80 Å². The van der Waals surface area contributed by atoms with Crippen molar-refractivity contribution in [3.8, 4) is 0 Å². The van der Waals surface area contributed by atoms with Crippen LogP contribution in [0.5, 0.6) is 0 Å². The predicted molar refractivity (Wildman–Crippen MR) is 106 cm³/mol. The molecule has 7 nitrogen and oxygen atoms in total. The van der Waals surface area contributed by atoms with E-state index in [0.717, 1.165) is 43.3 Å². The Morgan fingerprint density at radius 2 is 2.00 bits per heavy atom. The minimum atomic E-state index is -5.08. The molecule has 1 spiro atoms. The van der Waals surface area contributed by atoms with E-state index in [-0.39, 0.29) is 11.3 Å². The van der Waals surface area contributed by atoms with Crippen molar-refractivity contribution in [1.82, 2.24) is 10.2 Å². The molecule has 2 fully saturated rings. The number of aliphatic carboxylic acids is 1. The molecule has 2 aromatic heterocycles. The van der Waals surface area contributed by atoms with Crippen LogP contribution in [-0.4, -0.2) is 53.0 Å². The minimum Gasteiger partial charge on any atom is -0.475 e.